The van der Waals surface area contributed by atoms with Crippen molar-refractivity contribution in [1.29, 1.82) is 0 Å². The van der Waals surface area contributed by atoms with Gasteiger partial charge in [0, 0.05) is 10.7 Å². The highest BCUT2D eigenvalue weighted by atomic mass is 79.9. The number of halogens is 1. The van der Waals surface area contributed by atoms with Gasteiger partial charge in [-0.3, -0.25) is 9.78 Å². The average Bonchev–Trinajstić information content (AvgIpc) is 2.41. The molecule has 3 nitrogen and oxygen atoms in total. The van der Waals surface area contributed by atoms with Gasteiger partial charge < -0.3 is 5.11 Å². The smallest absolute Gasteiger partial charge is 0.312 e. The third-order valence-corrected chi connectivity index (χ3v) is 4.11. The van der Waals surface area contributed by atoms with Crippen molar-refractivity contribution in [2.45, 2.75) is 26.2 Å². The van der Waals surface area contributed by atoms with Crippen LogP contribution in [0.3, 0.4) is 0 Å². The molecule has 1 heterocycles. The maximum Gasteiger partial charge on any atom is 0.312 e. The number of rotatable bonds is 4. The summed E-state index contributed by atoms with van der Waals surface area (Å²) in [6, 6.07) is 9.76. The van der Waals surface area contributed by atoms with Crippen molar-refractivity contribution in [1.82, 2.24) is 4.98 Å². The predicted molar refractivity (Wildman–Crippen MR) is 81.9 cm³/mol. The Balaban J connectivity index is 2.29. The highest BCUT2D eigenvalue weighted by Crippen LogP contribution is 2.23. The maximum absolute atomic E-state index is 11.5. The molecular formula is C16H16BrNO2. The van der Waals surface area contributed by atoms with Crippen molar-refractivity contribution in [2.75, 3.05) is 0 Å². The molecule has 0 spiro atoms. The topological polar surface area (TPSA) is 50.2 Å². The number of benzene rings is 1. The van der Waals surface area contributed by atoms with Gasteiger partial charge in [0.2, 0.25) is 0 Å². The fraction of sp³-hybridized carbons (Fsp3) is 0.250. The number of nitrogens with zero attached hydrogens (tertiary/aromatic N) is 1. The Morgan fingerprint density at radius 1 is 1.30 bits per heavy atom. The number of carboxylic acids is 1. The first-order chi connectivity index (χ1) is 9.47. The average molecular weight is 334 g/mol. The van der Waals surface area contributed by atoms with Gasteiger partial charge in [-0.25, -0.2) is 0 Å². The first-order valence-electron chi connectivity index (χ1n) is 6.38. The fourth-order valence-electron chi connectivity index (χ4n) is 2.03. The molecule has 1 aromatic heterocycles. The SMILES string of the molecule is Cc1ccc(CC(C(=O)O)c2cc(C)c(Br)cn2)cc1. The first-order valence-corrected chi connectivity index (χ1v) is 7.17. The van der Waals surface area contributed by atoms with Gasteiger partial charge in [0.25, 0.3) is 0 Å². The van der Waals surface area contributed by atoms with E-state index in [9.17, 15) is 9.90 Å². The van der Waals surface area contributed by atoms with Crippen LogP contribution in [-0.4, -0.2) is 16.1 Å². The Hall–Kier alpha value is -1.68. The molecule has 1 unspecified atom stereocenters. The predicted octanol–water partition coefficient (Wildman–Crippen LogP) is 3.87. The standard InChI is InChI=1S/C16H16BrNO2/c1-10-3-5-12(6-4-10)8-13(16(19)20)15-7-11(2)14(17)9-18-15/h3-7,9,13H,8H2,1-2H3,(H,19,20). The van der Waals surface area contributed by atoms with E-state index >= 15 is 0 Å². The Morgan fingerprint density at radius 2 is 1.95 bits per heavy atom. The molecule has 1 N–H and O–H groups in total. The lowest BCUT2D eigenvalue weighted by Gasteiger charge is -2.13. The van der Waals surface area contributed by atoms with Crippen molar-refractivity contribution in [3.05, 3.63) is 63.4 Å². The van der Waals surface area contributed by atoms with Crippen LogP contribution in [-0.2, 0) is 11.2 Å². The highest BCUT2D eigenvalue weighted by Gasteiger charge is 2.22. The number of carbonyl (C=O) groups is 1. The van der Waals surface area contributed by atoms with Gasteiger partial charge in [0.15, 0.2) is 0 Å². The maximum atomic E-state index is 11.5. The second-order valence-electron chi connectivity index (χ2n) is 4.94. The van der Waals surface area contributed by atoms with Crippen molar-refractivity contribution < 1.29 is 9.90 Å². The molecule has 0 fully saturated rings. The third-order valence-electron chi connectivity index (χ3n) is 3.28. The van der Waals surface area contributed by atoms with E-state index in [1.807, 2.05) is 44.2 Å². The van der Waals surface area contributed by atoms with Crippen molar-refractivity contribution in [3.8, 4) is 0 Å². The van der Waals surface area contributed by atoms with Crippen LogP contribution in [0.5, 0.6) is 0 Å². The van der Waals surface area contributed by atoms with Crippen molar-refractivity contribution in [3.63, 3.8) is 0 Å². The molecule has 0 saturated carbocycles. The van der Waals surface area contributed by atoms with Crippen molar-refractivity contribution in [2.24, 2.45) is 0 Å². The molecule has 2 aromatic rings. The van der Waals surface area contributed by atoms with Crippen LogP contribution < -0.4 is 0 Å². The summed E-state index contributed by atoms with van der Waals surface area (Å²) in [5.41, 5.74) is 3.76. The van der Waals surface area contributed by atoms with Crippen LogP contribution >= 0.6 is 15.9 Å². The highest BCUT2D eigenvalue weighted by molar-refractivity contribution is 9.10. The number of carboxylic acid groups (broad SMARTS) is 1. The van der Waals surface area contributed by atoms with Gasteiger partial charge >= 0.3 is 5.97 Å². The Kier molecular flexibility index (Phi) is 4.55. The summed E-state index contributed by atoms with van der Waals surface area (Å²) < 4.78 is 0.890. The van der Waals surface area contributed by atoms with Gasteiger partial charge in [0.05, 0.1) is 5.69 Å². The van der Waals surface area contributed by atoms with Crippen LogP contribution in [0.25, 0.3) is 0 Å². The zero-order valence-corrected chi connectivity index (χ0v) is 13.0. The molecule has 4 heteroatoms. The van der Waals surface area contributed by atoms with E-state index in [-0.39, 0.29) is 0 Å². The number of pyridine rings is 1. The van der Waals surface area contributed by atoms with Gasteiger partial charge in [-0.2, -0.15) is 0 Å². The summed E-state index contributed by atoms with van der Waals surface area (Å²) in [5.74, 6) is -1.47. The second-order valence-corrected chi connectivity index (χ2v) is 5.79. The van der Waals surface area contributed by atoms with Crippen LogP contribution in [0.4, 0.5) is 0 Å². The summed E-state index contributed by atoms with van der Waals surface area (Å²) in [6.45, 7) is 3.94. The third kappa shape index (κ3) is 3.45. The van der Waals surface area contributed by atoms with E-state index in [2.05, 4.69) is 20.9 Å². The summed E-state index contributed by atoms with van der Waals surface area (Å²) in [5, 5.41) is 9.45. The van der Waals surface area contributed by atoms with Gasteiger partial charge in [0.1, 0.15) is 5.92 Å². The molecule has 0 aliphatic carbocycles. The lowest BCUT2D eigenvalue weighted by atomic mass is 9.94. The van der Waals surface area contributed by atoms with E-state index in [1.54, 1.807) is 6.20 Å². The molecule has 0 radical (unpaired) electrons. The summed E-state index contributed by atoms with van der Waals surface area (Å²) in [4.78, 5) is 15.8. The summed E-state index contributed by atoms with van der Waals surface area (Å²) in [6.07, 6.45) is 2.11. The fourth-order valence-corrected chi connectivity index (χ4v) is 2.25. The largest absolute Gasteiger partial charge is 0.481 e. The normalized spacial score (nSPS) is 12.2. The summed E-state index contributed by atoms with van der Waals surface area (Å²) >= 11 is 3.38. The molecule has 0 bridgehead atoms. The Labute approximate surface area is 126 Å². The minimum Gasteiger partial charge on any atom is -0.481 e. The van der Waals surface area contributed by atoms with Crippen LogP contribution in [0, 0.1) is 13.8 Å². The van der Waals surface area contributed by atoms with E-state index in [1.165, 1.54) is 5.56 Å². The quantitative estimate of drug-likeness (QED) is 0.923. The van der Waals surface area contributed by atoms with E-state index in [4.69, 9.17) is 0 Å². The molecule has 20 heavy (non-hydrogen) atoms. The number of hydrogen-bond acceptors (Lipinski definition) is 2. The first kappa shape index (κ1) is 14.7. The Bertz CT molecular complexity index is 623. The number of aromatic nitrogens is 1. The summed E-state index contributed by atoms with van der Waals surface area (Å²) in [7, 11) is 0. The Morgan fingerprint density at radius 3 is 2.50 bits per heavy atom. The molecule has 2 rings (SSSR count). The van der Waals surface area contributed by atoms with Gasteiger partial charge in [-0.05, 0) is 53.4 Å². The zero-order valence-electron chi connectivity index (χ0n) is 11.4. The second kappa shape index (κ2) is 6.18. The van der Waals surface area contributed by atoms with Gasteiger partial charge in [-0.15, -0.1) is 0 Å². The molecular weight excluding hydrogens is 318 g/mol. The minimum absolute atomic E-state index is 0.448. The monoisotopic (exact) mass is 333 g/mol. The van der Waals surface area contributed by atoms with Crippen LogP contribution in [0.15, 0.2) is 41.0 Å². The molecule has 1 atom stereocenters. The van der Waals surface area contributed by atoms with Crippen molar-refractivity contribution >= 4 is 21.9 Å². The van der Waals surface area contributed by atoms with E-state index in [0.717, 1.165) is 15.6 Å². The van der Waals surface area contributed by atoms with E-state index < -0.39 is 11.9 Å². The molecule has 0 saturated heterocycles. The molecule has 1 aromatic carbocycles. The van der Waals surface area contributed by atoms with E-state index in [0.29, 0.717) is 12.1 Å². The lowest BCUT2D eigenvalue weighted by Crippen LogP contribution is -2.16. The molecule has 0 aliphatic heterocycles. The molecule has 0 aliphatic rings. The van der Waals surface area contributed by atoms with Crippen LogP contribution in [0.2, 0.25) is 0 Å². The number of hydrogen-bond donors (Lipinski definition) is 1. The minimum atomic E-state index is -0.847. The molecule has 104 valence electrons. The van der Waals surface area contributed by atoms with Crippen LogP contribution in [0.1, 0.15) is 28.3 Å². The molecule has 0 amide bonds. The lowest BCUT2D eigenvalue weighted by molar-refractivity contribution is -0.138. The zero-order chi connectivity index (χ0) is 14.7. The number of aryl methyl sites for hydroxylation is 2. The van der Waals surface area contributed by atoms with Gasteiger partial charge in [-0.1, -0.05) is 29.8 Å². The number of aliphatic carboxylic acids is 1.